The number of hydrogen-bond acceptors (Lipinski definition) is 13. The highest BCUT2D eigenvalue weighted by Crippen LogP contribution is 2.33. The molecule has 3 fully saturated rings. The summed E-state index contributed by atoms with van der Waals surface area (Å²) in [5, 5.41) is 13.4. The molecule has 0 spiro atoms. The van der Waals surface area contributed by atoms with Crippen LogP contribution in [-0.4, -0.2) is 152 Å². The quantitative estimate of drug-likeness (QED) is 0.0578. The lowest BCUT2D eigenvalue weighted by Gasteiger charge is -2.30. The van der Waals surface area contributed by atoms with E-state index in [1.165, 1.54) is 28.8 Å². The number of carbonyl (C=O) groups is 9. The van der Waals surface area contributed by atoms with E-state index in [-0.39, 0.29) is 98.9 Å². The number of para-hydroxylation sites is 1. The van der Waals surface area contributed by atoms with Gasteiger partial charge in [-0.05, 0) is 68.7 Å². The van der Waals surface area contributed by atoms with Crippen LogP contribution >= 0.6 is 11.8 Å². The second kappa shape index (κ2) is 26.6. The SMILES string of the molecule is O=C(COCCOCCOCCNC(=O)C1CCC(CN2C(=O)CC(SCCCCC[C@H](NC(=O)[C@H]3CCC(=O)N3)C(=O)Nc3ccccc3)C2=O)CC1)NCCN1C(=O)C=CC1=O. The van der Waals surface area contributed by atoms with Crippen molar-refractivity contribution < 1.29 is 57.4 Å². The topological polar surface area (TPSA) is 248 Å². The minimum absolute atomic E-state index is 0.0332. The van der Waals surface area contributed by atoms with Gasteiger partial charge < -0.3 is 40.8 Å². The van der Waals surface area contributed by atoms with E-state index < -0.39 is 29.1 Å². The van der Waals surface area contributed by atoms with Crippen molar-refractivity contribution in [2.24, 2.45) is 11.8 Å². The minimum atomic E-state index is -0.778. The zero-order valence-corrected chi connectivity index (χ0v) is 37.0. The van der Waals surface area contributed by atoms with Crippen molar-refractivity contribution in [2.45, 2.75) is 88.0 Å². The molecule has 19 nitrogen and oxygen atoms in total. The molecule has 1 saturated carbocycles. The summed E-state index contributed by atoms with van der Waals surface area (Å²) >= 11 is 1.48. The van der Waals surface area contributed by atoms with Crippen LogP contribution in [0.5, 0.6) is 0 Å². The first-order valence-corrected chi connectivity index (χ1v) is 23.3. The zero-order valence-electron chi connectivity index (χ0n) is 36.2. The summed E-state index contributed by atoms with van der Waals surface area (Å²) in [6.07, 6.45) is 8.65. The number of nitrogens with zero attached hydrogens (tertiary/aromatic N) is 2. The van der Waals surface area contributed by atoms with E-state index in [1.807, 2.05) is 6.07 Å². The van der Waals surface area contributed by atoms with Gasteiger partial charge in [0, 0.05) is 62.8 Å². The molecule has 4 aliphatic rings. The molecular weight excluding hydrogens is 851 g/mol. The zero-order chi connectivity index (χ0) is 45.7. The van der Waals surface area contributed by atoms with E-state index in [4.69, 9.17) is 14.2 Å². The second-order valence-electron chi connectivity index (χ2n) is 16.1. The van der Waals surface area contributed by atoms with Crippen LogP contribution in [0, 0.1) is 11.8 Å². The molecule has 0 radical (unpaired) electrons. The number of rotatable bonds is 28. The molecule has 1 unspecified atom stereocenters. The van der Waals surface area contributed by atoms with E-state index >= 15 is 0 Å². The largest absolute Gasteiger partial charge is 0.377 e. The van der Waals surface area contributed by atoms with Gasteiger partial charge in [-0.3, -0.25) is 53.0 Å². The standard InChI is InChI=1S/C44H61N7O12S/c52-36-15-14-34(48-36)43(59)49-33(42(58)47-32-7-3-1-4-8-32)9-5-2-6-26-64-35-27-40(56)51(44(35)60)28-30-10-12-31(13-11-30)41(57)46-19-21-61-22-23-62-24-25-63-29-37(53)45-18-20-50-38(54)16-17-39(50)55/h1,3-4,7-8,16-17,30-31,33-35H,2,5-6,9-15,18-29H2,(H,45,53)(H,46,57)(H,47,58)(H,48,52)(H,49,59)/t30?,31?,33-,34+,35?/m0/s1. The molecule has 3 aliphatic heterocycles. The normalized spacial score (nSPS) is 21.3. The van der Waals surface area contributed by atoms with Crippen LogP contribution in [0.15, 0.2) is 42.5 Å². The Balaban J connectivity index is 0.858. The predicted molar refractivity (Wildman–Crippen MR) is 234 cm³/mol. The van der Waals surface area contributed by atoms with Crippen molar-refractivity contribution in [3.63, 3.8) is 0 Å². The summed E-state index contributed by atoms with van der Waals surface area (Å²) in [6.45, 7) is 2.19. The Morgan fingerprint density at radius 3 is 2.17 bits per heavy atom. The Morgan fingerprint density at radius 2 is 1.47 bits per heavy atom. The molecule has 1 aliphatic carbocycles. The van der Waals surface area contributed by atoms with Crippen molar-refractivity contribution in [1.29, 1.82) is 0 Å². The maximum Gasteiger partial charge on any atom is 0.253 e. The van der Waals surface area contributed by atoms with Gasteiger partial charge in [0.1, 0.15) is 18.7 Å². The number of unbranched alkanes of at least 4 members (excludes halogenated alkanes) is 2. The predicted octanol–water partition coefficient (Wildman–Crippen LogP) is 0.823. The molecule has 64 heavy (non-hydrogen) atoms. The molecule has 350 valence electrons. The Hall–Kier alpha value is -5.18. The fourth-order valence-electron chi connectivity index (χ4n) is 7.80. The first kappa shape index (κ1) is 49.8. The number of carbonyl (C=O) groups excluding carboxylic acids is 9. The van der Waals surface area contributed by atoms with Gasteiger partial charge >= 0.3 is 0 Å². The van der Waals surface area contributed by atoms with Crippen LogP contribution in [0.3, 0.4) is 0 Å². The van der Waals surface area contributed by atoms with Gasteiger partial charge in [0.25, 0.3) is 11.8 Å². The van der Waals surface area contributed by atoms with Gasteiger partial charge in [-0.15, -0.1) is 11.8 Å². The lowest BCUT2D eigenvalue weighted by molar-refractivity contribution is -0.140. The average Bonchev–Trinajstić information content (AvgIpc) is 3.95. The van der Waals surface area contributed by atoms with E-state index in [0.717, 1.165) is 30.6 Å². The minimum Gasteiger partial charge on any atom is -0.377 e. The highest BCUT2D eigenvalue weighted by Gasteiger charge is 2.40. The molecule has 1 aromatic carbocycles. The number of ether oxygens (including phenoxy) is 3. The maximum atomic E-state index is 13.3. The Morgan fingerprint density at radius 1 is 0.766 bits per heavy atom. The van der Waals surface area contributed by atoms with Gasteiger partial charge in [0.05, 0.1) is 38.3 Å². The molecule has 1 aromatic rings. The molecule has 5 N–H and O–H groups in total. The van der Waals surface area contributed by atoms with Crippen LogP contribution < -0.4 is 26.6 Å². The molecular formula is C44H61N7O12S. The number of nitrogens with one attached hydrogen (secondary N) is 5. The smallest absolute Gasteiger partial charge is 0.253 e. The molecule has 5 rings (SSSR count). The first-order valence-electron chi connectivity index (χ1n) is 22.2. The van der Waals surface area contributed by atoms with Crippen molar-refractivity contribution in [1.82, 2.24) is 31.1 Å². The van der Waals surface area contributed by atoms with Gasteiger partial charge in [-0.1, -0.05) is 31.0 Å². The Bertz CT molecular complexity index is 1810. The number of thioether (sulfide) groups is 1. The van der Waals surface area contributed by atoms with Gasteiger partial charge in [-0.25, -0.2) is 0 Å². The maximum absolute atomic E-state index is 13.3. The Kier molecular flexibility index (Phi) is 20.7. The van der Waals surface area contributed by atoms with Crippen LogP contribution in [0.2, 0.25) is 0 Å². The lowest BCUT2D eigenvalue weighted by atomic mass is 9.81. The fourth-order valence-corrected chi connectivity index (χ4v) is 8.99. The Labute approximate surface area is 377 Å². The van der Waals surface area contributed by atoms with Gasteiger partial charge in [-0.2, -0.15) is 0 Å². The molecule has 0 bridgehead atoms. The summed E-state index contributed by atoms with van der Waals surface area (Å²) in [5.74, 6) is -1.74. The van der Waals surface area contributed by atoms with E-state index in [2.05, 4.69) is 26.6 Å². The molecule has 3 heterocycles. The molecule has 9 amide bonds. The van der Waals surface area contributed by atoms with Gasteiger partial charge in [0.15, 0.2) is 0 Å². The number of anilines is 1. The monoisotopic (exact) mass is 911 g/mol. The van der Waals surface area contributed by atoms with E-state index in [1.54, 1.807) is 24.3 Å². The first-order chi connectivity index (χ1) is 31.0. The van der Waals surface area contributed by atoms with Crippen molar-refractivity contribution in [2.75, 3.05) is 76.9 Å². The molecule has 0 aromatic heterocycles. The van der Waals surface area contributed by atoms with Crippen molar-refractivity contribution in [3.05, 3.63) is 42.5 Å². The van der Waals surface area contributed by atoms with Gasteiger partial charge in [0.2, 0.25) is 41.4 Å². The average molecular weight is 912 g/mol. The number of benzene rings is 1. The number of likely N-dealkylation sites (tertiary alicyclic amines) is 1. The fraction of sp³-hybridized carbons (Fsp3) is 0.614. The van der Waals surface area contributed by atoms with Crippen LogP contribution in [0.4, 0.5) is 5.69 Å². The summed E-state index contributed by atoms with van der Waals surface area (Å²) in [7, 11) is 0. The highest BCUT2D eigenvalue weighted by molar-refractivity contribution is 8.00. The molecule has 3 atom stereocenters. The summed E-state index contributed by atoms with van der Waals surface area (Å²) in [4.78, 5) is 114. The number of imide groups is 2. The summed E-state index contributed by atoms with van der Waals surface area (Å²) < 4.78 is 16.2. The highest BCUT2D eigenvalue weighted by atomic mass is 32.2. The summed E-state index contributed by atoms with van der Waals surface area (Å²) in [6, 6.07) is 7.55. The van der Waals surface area contributed by atoms with Crippen molar-refractivity contribution in [3.8, 4) is 0 Å². The second-order valence-corrected chi connectivity index (χ2v) is 17.4. The van der Waals surface area contributed by atoms with E-state index in [9.17, 15) is 43.2 Å². The third-order valence-electron chi connectivity index (χ3n) is 11.4. The van der Waals surface area contributed by atoms with Crippen LogP contribution in [0.1, 0.15) is 70.6 Å². The number of amides is 9. The number of hydrogen-bond donors (Lipinski definition) is 5. The third kappa shape index (κ3) is 16.4. The third-order valence-corrected chi connectivity index (χ3v) is 12.7. The molecule has 20 heteroatoms. The molecule has 2 saturated heterocycles. The van der Waals surface area contributed by atoms with E-state index in [0.29, 0.717) is 76.5 Å². The summed E-state index contributed by atoms with van der Waals surface area (Å²) in [5.41, 5.74) is 0.618. The van der Waals surface area contributed by atoms with Crippen LogP contribution in [-0.2, 0) is 57.4 Å². The van der Waals surface area contributed by atoms with Crippen molar-refractivity contribution >= 4 is 70.6 Å². The van der Waals surface area contributed by atoms with Crippen LogP contribution in [0.25, 0.3) is 0 Å². The lowest BCUT2D eigenvalue weighted by Crippen LogP contribution is -2.50.